The molecular formula is C24H18N2O3. The summed E-state index contributed by atoms with van der Waals surface area (Å²) in [7, 11) is 0. The van der Waals surface area contributed by atoms with Gasteiger partial charge in [-0.2, -0.15) is 0 Å². The van der Waals surface area contributed by atoms with Gasteiger partial charge in [0.25, 0.3) is 5.56 Å². The van der Waals surface area contributed by atoms with Gasteiger partial charge in [-0.3, -0.25) is 9.36 Å². The molecule has 0 spiro atoms. The van der Waals surface area contributed by atoms with Crippen molar-refractivity contribution >= 4 is 23.1 Å². The molecule has 4 aromatic rings. The van der Waals surface area contributed by atoms with Gasteiger partial charge in [0.1, 0.15) is 5.82 Å². The van der Waals surface area contributed by atoms with Gasteiger partial charge in [-0.1, -0.05) is 42.5 Å². The zero-order chi connectivity index (χ0) is 19.8. The van der Waals surface area contributed by atoms with Crippen LogP contribution >= 0.6 is 0 Å². The van der Waals surface area contributed by atoms with Crippen molar-refractivity contribution in [1.29, 1.82) is 0 Å². The summed E-state index contributed by atoms with van der Waals surface area (Å²) in [6.07, 6.45) is 3.78. The third-order valence-electron chi connectivity index (χ3n) is 4.98. The van der Waals surface area contributed by atoms with Crippen molar-refractivity contribution in [2.45, 2.75) is 6.92 Å². The van der Waals surface area contributed by atoms with E-state index >= 15 is 0 Å². The number of aromatic nitrogens is 2. The van der Waals surface area contributed by atoms with E-state index in [1.807, 2.05) is 85.8 Å². The van der Waals surface area contributed by atoms with E-state index in [4.69, 9.17) is 14.5 Å². The number of aryl methyl sites for hydroxylation is 1. The molecule has 5 nitrogen and oxygen atoms in total. The van der Waals surface area contributed by atoms with Crippen molar-refractivity contribution in [3.8, 4) is 17.2 Å². The Kier molecular flexibility index (Phi) is 4.13. The summed E-state index contributed by atoms with van der Waals surface area (Å²) in [5.74, 6) is 2.03. The molecule has 0 saturated heterocycles. The summed E-state index contributed by atoms with van der Waals surface area (Å²) in [6.45, 7) is 2.23. The Morgan fingerprint density at radius 1 is 0.931 bits per heavy atom. The molecule has 0 amide bonds. The summed E-state index contributed by atoms with van der Waals surface area (Å²) in [5.41, 5.74) is 3.35. The molecule has 3 aromatic carbocycles. The lowest BCUT2D eigenvalue weighted by atomic mass is 10.1. The van der Waals surface area contributed by atoms with Crippen LogP contribution in [0.3, 0.4) is 0 Å². The monoisotopic (exact) mass is 382 g/mol. The first kappa shape index (κ1) is 17.3. The maximum Gasteiger partial charge on any atom is 0.266 e. The van der Waals surface area contributed by atoms with Crippen molar-refractivity contribution in [2.24, 2.45) is 0 Å². The Hall–Kier alpha value is -3.86. The molecule has 1 aromatic heterocycles. The summed E-state index contributed by atoms with van der Waals surface area (Å²) in [5, 5.41) is 0.594. The van der Waals surface area contributed by atoms with Gasteiger partial charge in [0.05, 0.1) is 16.6 Å². The van der Waals surface area contributed by atoms with Crippen molar-refractivity contribution < 1.29 is 9.47 Å². The van der Waals surface area contributed by atoms with Gasteiger partial charge in [0, 0.05) is 0 Å². The first-order valence-corrected chi connectivity index (χ1v) is 9.36. The van der Waals surface area contributed by atoms with Gasteiger partial charge in [0.2, 0.25) is 6.79 Å². The normalized spacial score (nSPS) is 12.7. The molecule has 0 fully saturated rings. The molecule has 0 saturated carbocycles. The second-order valence-electron chi connectivity index (χ2n) is 6.86. The van der Waals surface area contributed by atoms with Gasteiger partial charge in [0.15, 0.2) is 11.5 Å². The Labute approximate surface area is 167 Å². The zero-order valence-electron chi connectivity index (χ0n) is 15.8. The van der Waals surface area contributed by atoms with Crippen LogP contribution in [0.1, 0.15) is 17.0 Å². The number of para-hydroxylation sites is 2. The molecule has 0 atom stereocenters. The van der Waals surface area contributed by atoms with Gasteiger partial charge in [-0.05, 0) is 54.5 Å². The van der Waals surface area contributed by atoms with Crippen molar-refractivity contribution in [3.05, 3.63) is 94.0 Å². The molecule has 0 bridgehead atoms. The minimum atomic E-state index is -0.0877. The smallest absolute Gasteiger partial charge is 0.266 e. The number of fused-ring (bicyclic) bond motifs is 2. The van der Waals surface area contributed by atoms with E-state index in [1.54, 1.807) is 4.57 Å². The average molecular weight is 382 g/mol. The van der Waals surface area contributed by atoms with E-state index in [1.165, 1.54) is 0 Å². The predicted molar refractivity (Wildman–Crippen MR) is 114 cm³/mol. The fourth-order valence-corrected chi connectivity index (χ4v) is 3.50. The van der Waals surface area contributed by atoms with Crippen LogP contribution in [0.25, 0.3) is 28.7 Å². The third-order valence-corrected chi connectivity index (χ3v) is 4.98. The molecule has 5 rings (SSSR count). The molecule has 1 aliphatic heterocycles. The highest BCUT2D eigenvalue weighted by Gasteiger charge is 2.14. The van der Waals surface area contributed by atoms with E-state index in [9.17, 15) is 4.79 Å². The second-order valence-corrected chi connectivity index (χ2v) is 6.86. The summed E-state index contributed by atoms with van der Waals surface area (Å²) in [6, 6.07) is 21.0. The molecule has 0 N–H and O–H groups in total. The Morgan fingerprint density at radius 3 is 2.62 bits per heavy atom. The molecule has 1 aliphatic rings. The first-order chi connectivity index (χ1) is 14.2. The van der Waals surface area contributed by atoms with Crippen LogP contribution in [-0.2, 0) is 0 Å². The Bertz CT molecular complexity index is 1320. The van der Waals surface area contributed by atoms with Crippen LogP contribution < -0.4 is 15.0 Å². The van der Waals surface area contributed by atoms with Crippen molar-refractivity contribution in [2.75, 3.05) is 6.79 Å². The quantitative estimate of drug-likeness (QED) is 0.520. The highest BCUT2D eigenvalue weighted by atomic mass is 16.7. The van der Waals surface area contributed by atoms with Crippen LogP contribution in [0.4, 0.5) is 0 Å². The molecule has 142 valence electrons. The highest BCUT2D eigenvalue weighted by Crippen LogP contribution is 2.33. The summed E-state index contributed by atoms with van der Waals surface area (Å²) in [4.78, 5) is 18.1. The maximum absolute atomic E-state index is 13.3. The Balaban J connectivity index is 1.69. The topological polar surface area (TPSA) is 53.4 Å². The number of nitrogens with zero attached hydrogens (tertiary/aromatic N) is 2. The lowest BCUT2D eigenvalue weighted by molar-refractivity contribution is 0.174. The van der Waals surface area contributed by atoms with Crippen LogP contribution in [-0.4, -0.2) is 16.3 Å². The maximum atomic E-state index is 13.3. The van der Waals surface area contributed by atoms with Gasteiger partial charge < -0.3 is 9.47 Å². The van der Waals surface area contributed by atoms with E-state index in [-0.39, 0.29) is 12.4 Å². The number of benzene rings is 3. The van der Waals surface area contributed by atoms with Crippen molar-refractivity contribution in [1.82, 2.24) is 9.55 Å². The standard InChI is InChI=1S/C24H18N2O3/c1-16-6-2-5-9-20(16)26-23(25-19-8-4-3-7-18(19)24(26)27)13-11-17-10-12-21-22(14-17)29-15-28-21/h2-14H,15H2,1H3/b13-11+. The zero-order valence-corrected chi connectivity index (χ0v) is 15.8. The van der Waals surface area contributed by atoms with Gasteiger partial charge >= 0.3 is 0 Å². The van der Waals surface area contributed by atoms with Gasteiger partial charge in [-0.15, -0.1) is 0 Å². The molecule has 0 radical (unpaired) electrons. The largest absolute Gasteiger partial charge is 0.454 e. The fraction of sp³-hybridized carbons (Fsp3) is 0.0833. The first-order valence-electron chi connectivity index (χ1n) is 9.36. The number of ether oxygens (including phenoxy) is 2. The van der Waals surface area contributed by atoms with Crippen LogP contribution in [0.15, 0.2) is 71.5 Å². The molecule has 29 heavy (non-hydrogen) atoms. The lowest BCUT2D eigenvalue weighted by Crippen LogP contribution is -2.23. The van der Waals surface area contributed by atoms with Crippen LogP contribution in [0.5, 0.6) is 11.5 Å². The number of hydrogen-bond donors (Lipinski definition) is 0. The van der Waals surface area contributed by atoms with E-state index in [0.29, 0.717) is 16.7 Å². The van der Waals surface area contributed by atoms with Crippen LogP contribution in [0.2, 0.25) is 0 Å². The molecule has 2 heterocycles. The second kappa shape index (κ2) is 6.95. The predicted octanol–water partition coefficient (Wildman–Crippen LogP) is 4.59. The minimum absolute atomic E-state index is 0.0877. The fourth-order valence-electron chi connectivity index (χ4n) is 3.50. The lowest BCUT2D eigenvalue weighted by Gasteiger charge is -2.13. The molecule has 5 heteroatoms. The third kappa shape index (κ3) is 3.06. The Morgan fingerprint density at radius 2 is 1.72 bits per heavy atom. The average Bonchev–Trinajstić information content (AvgIpc) is 3.21. The van der Waals surface area contributed by atoms with Crippen LogP contribution in [0, 0.1) is 6.92 Å². The van der Waals surface area contributed by atoms with E-state index < -0.39 is 0 Å². The summed E-state index contributed by atoms with van der Waals surface area (Å²) < 4.78 is 12.5. The van der Waals surface area contributed by atoms with Gasteiger partial charge in [-0.25, -0.2) is 4.98 Å². The number of hydrogen-bond acceptors (Lipinski definition) is 4. The highest BCUT2D eigenvalue weighted by molar-refractivity contribution is 5.80. The summed E-state index contributed by atoms with van der Waals surface area (Å²) >= 11 is 0. The van der Waals surface area contributed by atoms with E-state index in [2.05, 4.69) is 0 Å². The molecule has 0 unspecified atom stereocenters. The van der Waals surface area contributed by atoms with Crippen molar-refractivity contribution in [3.63, 3.8) is 0 Å². The SMILES string of the molecule is Cc1ccccc1-n1c(/C=C/c2ccc3c(c2)OCO3)nc2ccccc2c1=O. The minimum Gasteiger partial charge on any atom is -0.454 e. The molecule has 0 aliphatic carbocycles. The molecular weight excluding hydrogens is 364 g/mol. The number of rotatable bonds is 3. The van der Waals surface area contributed by atoms with E-state index in [0.717, 1.165) is 28.3 Å².